The number of para-hydroxylation sites is 2. The molecule has 218 valence electrons. The Balaban J connectivity index is 1.68. The molecule has 4 unspecified atom stereocenters. The Hall–Kier alpha value is -3.06. The third kappa shape index (κ3) is 6.30. The van der Waals surface area contributed by atoms with Crippen molar-refractivity contribution < 1.29 is 28.9 Å². The van der Waals surface area contributed by atoms with Gasteiger partial charge in [0.25, 0.3) is 0 Å². The molecule has 0 radical (unpaired) electrons. The number of aliphatic hydroxyl groups is 1. The zero-order valence-corrected chi connectivity index (χ0v) is 24.7. The van der Waals surface area contributed by atoms with Gasteiger partial charge in [0.1, 0.15) is 23.6 Å². The minimum atomic E-state index is -0.967. The van der Waals surface area contributed by atoms with E-state index < -0.39 is 24.0 Å². The molecule has 1 heterocycles. The van der Waals surface area contributed by atoms with Gasteiger partial charge in [-0.1, -0.05) is 63.6 Å². The predicted molar refractivity (Wildman–Crippen MR) is 154 cm³/mol. The number of benzene rings is 2. The predicted octanol–water partition coefficient (Wildman–Crippen LogP) is 5.07. The summed E-state index contributed by atoms with van der Waals surface area (Å²) < 4.78 is 17.5. The Morgan fingerprint density at radius 1 is 0.950 bits per heavy atom. The van der Waals surface area contributed by atoms with Gasteiger partial charge in [-0.3, -0.25) is 4.79 Å². The number of β-lactam (4-membered cyclic amide) rings is 1. The minimum absolute atomic E-state index is 0.190. The first-order chi connectivity index (χ1) is 19.2. The summed E-state index contributed by atoms with van der Waals surface area (Å²) in [6, 6.07) is 14.2. The first kappa shape index (κ1) is 29.9. The lowest BCUT2D eigenvalue weighted by molar-refractivity contribution is -0.191. The summed E-state index contributed by atoms with van der Waals surface area (Å²) in [6.45, 7) is 8.13. The van der Waals surface area contributed by atoms with Crippen LogP contribution < -0.4 is 9.47 Å². The van der Waals surface area contributed by atoms with Gasteiger partial charge in [0.05, 0.1) is 26.2 Å². The summed E-state index contributed by atoms with van der Waals surface area (Å²) in [5.74, 6) is 1.12. The van der Waals surface area contributed by atoms with E-state index in [9.17, 15) is 14.7 Å². The number of hydrogen-bond acceptors (Lipinski definition) is 6. The molecule has 1 aliphatic heterocycles. The minimum Gasteiger partial charge on any atom is -0.496 e. The van der Waals surface area contributed by atoms with E-state index >= 15 is 0 Å². The molecule has 0 aromatic heterocycles. The van der Waals surface area contributed by atoms with Crippen molar-refractivity contribution in [1.82, 2.24) is 4.90 Å². The molecule has 2 fully saturated rings. The maximum absolute atomic E-state index is 13.9. The van der Waals surface area contributed by atoms with Gasteiger partial charge in [0, 0.05) is 6.04 Å². The fraction of sp³-hybridized carbons (Fsp3) is 0.576. The fourth-order valence-electron chi connectivity index (χ4n) is 6.66. The summed E-state index contributed by atoms with van der Waals surface area (Å²) in [5, 5.41) is 10.6. The largest absolute Gasteiger partial charge is 0.496 e. The molecule has 1 N–H and O–H groups in total. The van der Waals surface area contributed by atoms with E-state index in [4.69, 9.17) is 14.2 Å². The number of amides is 1. The van der Waals surface area contributed by atoms with Gasteiger partial charge in [0.2, 0.25) is 5.91 Å². The number of ether oxygens (including phenoxy) is 3. The monoisotopic (exact) mass is 551 g/mol. The average Bonchev–Trinajstić information content (AvgIpc) is 2.91. The second-order valence-corrected chi connectivity index (χ2v) is 11.9. The highest BCUT2D eigenvalue weighted by molar-refractivity contribution is 5.98. The van der Waals surface area contributed by atoms with Crippen molar-refractivity contribution in [2.24, 2.45) is 23.7 Å². The Labute approximate surface area is 238 Å². The van der Waals surface area contributed by atoms with Crippen molar-refractivity contribution in [3.63, 3.8) is 0 Å². The number of nitrogens with zero attached hydrogens (tertiary/aromatic N) is 1. The average molecular weight is 552 g/mol. The second kappa shape index (κ2) is 13.1. The molecule has 1 saturated carbocycles. The van der Waals surface area contributed by atoms with E-state index in [-0.39, 0.29) is 24.0 Å². The summed E-state index contributed by atoms with van der Waals surface area (Å²) in [6.07, 6.45) is 2.75. The van der Waals surface area contributed by atoms with Crippen LogP contribution in [0.1, 0.15) is 58.1 Å². The number of likely N-dealkylation sites (tertiary alicyclic amines) is 1. The Kier molecular flexibility index (Phi) is 9.77. The smallest absolute Gasteiger partial charge is 0.330 e. The van der Waals surface area contributed by atoms with Crippen LogP contribution in [-0.4, -0.2) is 60.4 Å². The number of carbonyl (C=O) groups is 2. The molecular weight excluding hydrogens is 506 g/mol. The first-order valence-corrected chi connectivity index (χ1v) is 14.6. The van der Waals surface area contributed by atoms with Gasteiger partial charge >= 0.3 is 5.97 Å². The van der Waals surface area contributed by atoms with Crippen LogP contribution in [0.15, 0.2) is 48.5 Å². The SMILES string of the molecule is COc1ccccc1CC(Cc1ccccc1OC)N1C(=O)[C@H](C(C)O)[C@H]1C(=O)OC1CC(C)CCC1C(C)C. The van der Waals surface area contributed by atoms with Gasteiger partial charge in [0.15, 0.2) is 0 Å². The lowest BCUT2D eigenvalue weighted by atomic mass is 9.75. The molecule has 0 bridgehead atoms. The van der Waals surface area contributed by atoms with Crippen LogP contribution in [0.2, 0.25) is 0 Å². The van der Waals surface area contributed by atoms with Crippen molar-refractivity contribution in [2.75, 3.05) is 14.2 Å². The summed E-state index contributed by atoms with van der Waals surface area (Å²) >= 11 is 0. The van der Waals surface area contributed by atoms with Gasteiger partial charge in [-0.25, -0.2) is 4.79 Å². The van der Waals surface area contributed by atoms with E-state index in [0.717, 1.165) is 41.9 Å². The maximum atomic E-state index is 13.9. The highest BCUT2D eigenvalue weighted by Crippen LogP contribution is 2.40. The molecule has 1 saturated heterocycles. The van der Waals surface area contributed by atoms with E-state index in [0.29, 0.717) is 24.7 Å². The van der Waals surface area contributed by atoms with Gasteiger partial charge < -0.3 is 24.2 Å². The molecule has 2 aromatic rings. The van der Waals surface area contributed by atoms with Crippen LogP contribution in [0.25, 0.3) is 0 Å². The highest BCUT2D eigenvalue weighted by atomic mass is 16.5. The number of rotatable bonds is 11. The summed E-state index contributed by atoms with van der Waals surface area (Å²) in [5.41, 5.74) is 1.87. The van der Waals surface area contributed by atoms with E-state index in [1.54, 1.807) is 26.0 Å². The van der Waals surface area contributed by atoms with Crippen molar-refractivity contribution >= 4 is 11.9 Å². The molecule has 6 atom stereocenters. The Morgan fingerprint density at radius 3 is 2.00 bits per heavy atom. The molecule has 7 heteroatoms. The third-order valence-electron chi connectivity index (χ3n) is 8.86. The number of aliphatic hydroxyl groups excluding tert-OH is 1. The zero-order chi connectivity index (χ0) is 29.0. The lowest BCUT2D eigenvalue weighted by Crippen LogP contribution is -2.71. The third-order valence-corrected chi connectivity index (χ3v) is 8.86. The molecule has 2 aromatic carbocycles. The lowest BCUT2D eigenvalue weighted by Gasteiger charge is -2.51. The highest BCUT2D eigenvalue weighted by Gasteiger charge is 2.57. The summed E-state index contributed by atoms with van der Waals surface area (Å²) in [7, 11) is 3.26. The number of methoxy groups -OCH3 is 2. The van der Waals surface area contributed by atoms with E-state index in [1.165, 1.54) is 0 Å². The second-order valence-electron chi connectivity index (χ2n) is 11.9. The van der Waals surface area contributed by atoms with Crippen molar-refractivity contribution in [2.45, 2.75) is 84.1 Å². The van der Waals surface area contributed by atoms with E-state index in [1.807, 2.05) is 48.5 Å². The quantitative estimate of drug-likeness (QED) is 0.310. The molecule has 40 heavy (non-hydrogen) atoms. The van der Waals surface area contributed by atoms with Crippen LogP contribution in [0.4, 0.5) is 0 Å². The van der Waals surface area contributed by atoms with Crippen LogP contribution in [0.5, 0.6) is 11.5 Å². The Bertz CT molecular complexity index is 1110. The molecule has 1 amide bonds. The summed E-state index contributed by atoms with van der Waals surface area (Å²) in [4.78, 5) is 29.2. The van der Waals surface area contributed by atoms with Gasteiger partial charge in [-0.2, -0.15) is 0 Å². The van der Waals surface area contributed by atoms with Crippen LogP contribution in [0.3, 0.4) is 0 Å². The number of esters is 1. The van der Waals surface area contributed by atoms with Crippen LogP contribution >= 0.6 is 0 Å². The number of hydrogen-bond donors (Lipinski definition) is 1. The number of carbonyl (C=O) groups excluding carboxylic acids is 2. The first-order valence-electron chi connectivity index (χ1n) is 14.6. The Morgan fingerprint density at radius 2 is 1.50 bits per heavy atom. The zero-order valence-electron chi connectivity index (χ0n) is 24.7. The van der Waals surface area contributed by atoms with Crippen molar-refractivity contribution in [1.29, 1.82) is 0 Å². The van der Waals surface area contributed by atoms with Crippen molar-refractivity contribution in [3.05, 3.63) is 59.7 Å². The van der Waals surface area contributed by atoms with Gasteiger partial charge in [-0.05, 0) is 73.6 Å². The van der Waals surface area contributed by atoms with Crippen molar-refractivity contribution in [3.8, 4) is 11.5 Å². The molecular formula is C33H45NO6. The van der Waals surface area contributed by atoms with Crippen LogP contribution in [-0.2, 0) is 27.2 Å². The fourth-order valence-corrected chi connectivity index (χ4v) is 6.66. The topological polar surface area (TPSA) is 85.3 Å². The molecule has 7 nitrogen and oxygen atoms in total. The molecule has 2 aliphatic rings. The molecule has 4 rings (SSSR count). The van der Waals surface area contributed by atoms with E-state index in [2.05, 4.69) is 20.8 Å². The van der Waals surface area contributed by atoms with Crippen LogP contribution in [0, 0.1) is 23.7 Å². The van der Waals surface area contributed by atoms with Gasteiger partial charge in [-0.15, -0.1) is 0 Å². The molecule has 1 aliphatic carbocycles. The maximum Gasteiger partial charge on any atom is 0.330 e. The standard InChI is InChI=1S/C33H45NO6/c1-20(2)26-16-15-21(3)17-29(26)40-33(37)31-30(22(4)35)32(36)34(31)25(18-23-11-7-9-13-27(23)38-5)19-24-12-8-10-14-28(24)39-6/h7-14,20-22,25-26,29-31,35H,15-19H2,1-6H3/t21?,22?,26?,29?,30-,31+/m1/s1. The molecule has 0 spiro atoms. The normalized spacial score (nSPS) is 25.5.